The molecular weight excluding hydrogens is 240 g/mol. The van der Waals surface area contributed by atoms with Crippen molar-refractivity contribution in [1.29, 1.82) is 0 Å². The van der Waals surface area contributed by atoms with E-state index < -0.39 is 0 Å². The molecule has 0 aliphatic carbocycles. The Morgan fingerprint density at radius 3 is 2.88 bits per heavy atom. The van der Waals surface area contributed by atoms with Crippen molar-refractivity contribution in [3.05, 3.63) is 28.8 Å². The third kappa shape index (κ3) is 4.24. The Balaban J connectivity index is 2.58. The van der Waals surface area contributed by atoms with E-state index in [0.29, 0.717) is 29.4 Å². The van der Waals surface area contributed by atoms with Crippen molar-refractivity contribution in [1.82, 2.24) is 5.32 Å². The Morgan fingerprint density at radius 2 is 2.29 bits per heavy atom. The Kier molecular flexibility index (Phi) is 5.25. The predicted octanol–water partition coefficient (Wildman–Crippen LogP) is 2.08. The van der Waals surface area contributed by atoms with E-state index in [1.54, 1.807) is 18.2 Å². The molecule has 0 aliphatic heterocycles. The van der Waals surface area contributed by atoms with Crippen LogP contribution in [0.25, 0.3) is 0 Å². The molecule has 1 atom stereocenters. The number of halogens is 1. The zero-order valence-corrected chi connectivity index (χ0v) is 10.8. The van der Waals surface area contributed by atoms with Crippen molar-refractivity contribution >= 4 is 23.2 Å². The van der Waals surface area contributed by atoms with Crippen molar-refractivity contribution in [3.63, 3.8) is 0 Å². The van der Waals surface area contributed by atoms with Gasteiger partial charge in [-0.3, -0.25) is 4.79 Å². The lowest BCUT2D eigenvalue weighted by atomic mass is 10.2. The molecule has 94 valence electrons. The highest BCUT2D eigenvalue weighted by Crippen LogP contribution is 2.18. The third-order valence-corrected chi connectivity index (χ3v) is 2.55. The van der Waals surface area contributed by atoms with Crippen LogP contribution in [0.4, 0.5) is 5.69 Å². The highest BCUT2D eigenvalue weighted by molar-refractivity contribution is 6.34. The van der Waals surface area contributed by atoms with Gasteiger partial charge < -0.3 is 15.8 Å². The quantitative estimate of drug-likeness (QED) is 0.793. The van der Waals surface area contributed by atoms with E-state index >= 15 is 0 Å². The van der Waals surface area contributed by atoms with Gasteiger partial charge in [-0.1, -0.05) is 11.6 Å². The summed E-state index contributed by atoms with van der Waals surface area (Å²) in [6, 6.07) is 4.81. The summed E-state index contributed by atoms with van der Waals surface area (Å²) < 4.78 is 5.31. The van der Waals surface area contributed by atoms with Crippen molar-refractivity contribution in [2.45, 2.75) is 20.0 Å². The van der Waals surface area contributed by atoms with Gasteiger partial charge in [0.1, 0.15) is 0 Å². The topological polar surface area (TPSA) is 64.3 Å². The second-order valence-corrected chi connectivity index (χ2v) is 4.12. The van der Waals surface area contributed by atoms with Gasteiger partial charge in [-0.15, -0.1) is 0 Å². The molecule has 17 heavy (non-hydrogen) atoms. The van der Waals surface area contributed by atoms with Gasteiger partial charge >= 0.3 is 0 Å². The normalized spacial score (nSPS) is 12.2. The monoisotopic (exact) mass is 256 g/mol. The number of nitrogens with one attached hydrogen (secondary N) is 1. The fraction of sp³-hybridized carbons (Fsp3) is 0.417. The summed E-state index contributed by atoms with van der Waals surface area (Å²) in [5.41, 5.74) is 6.51. The maximum absolute atomic E-state index is 11.8. The van der Waals surface area contributed by atoms with Crippen LogP contribution >= 0.6 is 11.6 Å². The lowest BCUT2D eigenvalue weighted by Crippen LogP contribution is -2.32. The molecule has 1 rings (SSSR count). The van der Waals surface area contributed by atoms with Crippen LogP contribution in [0.15, 0.2) is 18.2 Å². The summed E-state index contributed by atoms with van der Waals surface area (Å²) in [5, 5.41) is 3.11. The van der Waals surface area contributed by atoms with Crippen LogP contribution in [0, 0.1) is 0 Å². The highest BCUT2D eigenvalue weighted by Gasteiger charge is 2.11. The number of benzene rings is 1. The summed E-state index contributed by atoms with van der Waals surface area (Å²) in [6.45, 7) is 4.89. The maximum atomic E-state index is 11.8. The Hall–Kier alpha value is -1.26. The van der Waals surface area contributed by atoms with Crippen LogP contribution in [-0.4, -0.2) is 25.2 Å². The van der Waals surface area contributed by atoms with Crippen LogP contribution in [0.3, 0.4) is 0 Å². The average Bonchev–Trinajstić information content (AvgIpc) is 2.26. The molecule has 0 saturated carbocycles. The first-order valence-corrected chi connectivity index (χ1v) is 5.87. The van der Waals surface area contributed by atoms with Gasteiger partial charge in [0.2, 0.25) is 0 Å². The van der Waals surface area contributed by atoms with Gasteiger partial charge in [-0.2, -0.15) is 0 Å². The van der Waals surface area contributed by atoms with Gasteiger partial charge in [0, 0.05) is 18.8 Å². The summed E-state index contributed by atoms with van der Waals surface area (Å²) in [4.78, 5) is 11.8. The van der Waals surface area contributed by atoms with Crippen molar-refractivity contribution in [3.8, 4) is 0 Å². The van der Waals surface area contributed by atoms with E-state index in [0.717, 1.165) is 0 Å². The second-order valence-electron chi connectivity index (χ2n) is 3.72. The molecular formula is C12H17ClN2O2. The van der Waals surface area contributed by atoms with Gasteiger partial charge in [0.25, 0.3) is 5.91 Å². The second kappa shape index (κ2) is 6.47. The molecule has 1 aromatic rings. The van der Waals surface area contributed by atoms with E-state index in [1.165, 1.54) is 0 Å². The number of carbonyl (C=O) groups excluding carboxylic acids is 1. The molecule has 0 radical (unpaired) electrons. The van der Waals surface area contributed by atoms with Crippen LogP contribution in [0.1, 0.15) is 24.2 Å². The number of carbonyl (C=O) groups is 1. The standard InChI is InChI=1S/C12H17ClN2O2/c1-3-17-8(2)7-15-12(16)10-5-4-9(14)6-11(10)13/h4-6,8H,3,7,14H2,1-2H3,(H,15,16). The predicted molar refractivity (Wildman–Crippen MR) is 69.3 cm³/mol. The number of rotatable bonds is 5. The van der Waals surface area contributed by atoms with Gasteiger partial charge in [-0.05, 0) is 32.0 Å². The van der Waals surface area contributed by atoms with Gasteiger partial charge in [0.15, 0.2) is 0 Å². The van der Waals surface area contributed by atoms with E-state index in [9.17, 15) is 4.79 Å². The average molecular weight is 257 g/mol. The summed E-state index contributed by atoms with van der Waals surface area (Å²) in [6.07, 6.45) is -0.0171. The fourth-order valence-corrected chi connectivity index (χ4v) is 1.67. The van der Waals surface area contributed by atoms with Crippen molar-refractivity contribution in [2.75, 3.05) is 18.9 Å². The van der Waals surface area contributed by atoms with Crippen LogP contribution in [0.2, 0.25) is 5.02 Å². The first-order valence-electron chi connectivity index (χ1n) is 5.49. The molecule has 0 aromatic heterocycles. The van der Waals surface area contributed by atoms with Crippen LogP contribution in [-0.2, 0) is 4.74 Å². The molecule has 0 heterocycles. The molecule has 0 aliphatic rings. The molecule has 3 N–H and O–H groups in total. The first kappa shape index (κ1) is 13.8. The Labute approximate surface area is 106 Å². The number of amides is 1. The minimum atomic E-state index is -0.221. The number of nitrogens with two attached hydrogens (primary N) is 1. The molecule has 4 nitrogen and oxygen atoms in total. The molecule has 0 bridgehead atoms. The van der Waals surface area contributed by atoms with E-state index in [-0.39, 0.29) is 12.0 Å². The zero-order valence-electron chi connectivity index (χ0n) is 10.00. The largest absolute Gasteiger partial charge is 0.399 e. The zero-order chi connectivity index (χ0) is 12.8. The Morgan fingerprint density at radius 1 is 1.59 bits per heavy atom. The van der Waals surface area contributed by atoms with E-state index in [1.807, 2.05) is 13.8 Å². The van der Waals surface area contributed by atoms with Crippen LogP contribution in [0.5, 0.6) is 0 Å². The van der Waals surface area contributed by atoms with Crippen molar-refractivity contribution in [2.24, 2.45) is 0 Å². The number of ether oxygens (including phenoxy) is 1. The smallest absolute Gasteiger partial charge is 0.252 e. The Bertz CT molecular complexity index is 396. The molecule has 5 heteroatoms. The van der Waals surface area contributed by atoms with E-state index in [4.69, 9.17) is 22.1 Å². The third-order valence-electron chi connectivity index (χ3n) is 2.24. The maximum Gasteiger partial charge on any atom is 0.252 e. The number of hydrogen-bond donors (Lipinski definition) is 2. The lowest BCUT2D eigenvalue weighted by molar-refractivity contribution is 0.0695. The molecule has 1 amide bonds. The molecule has 0 saturated heterocycles. The fourth-order valence-electron chi connectivity index (χ4n) is 1.39. The molecule has 0 fully saturated rings. The molecule has 1 unspecified atom stereocenters. The summed E-state index contributed by atoms with van der Waals surface area (Å²) in [5.74, 6) is -0.221. The SMILES string of the molecule is CCOC(C)CNC(=O)c1ccc(N)cc1Cl. The lowest BCUT2D eigenvalue weighted by Gasteiger charge is -2.13. The van der Waals surface area contributed by atoms with Gasteiger partial charge in [-0.25, -0.2) is 0 Å². The number of hydrogen-bond acceptors (Lipinski definition) is 3. The molecule has 1 aromatic carbocycles. The van der Waals surface area contributed by atoms with Crippen LogP contribution < -0.4 is 11.1 Å². The number of nitrogen functional groups attached to an aromatic ring is 1. The van der Waals surface area contributed by atoms with Gasteiger partial charge in [0.05, 0.1) is 16.7 Å². The first-order chi connectivity index (χ1) is 8.04. The molecule has 0 spiro atoms. The summed E-state index contributed by atoms with van der Waals surface area (Å²) in [7, 11) is 0. The van der Waals surface area contributed by atoms with E-state index in [2.05, 4.69) is 5.32 Å². The minimum absolute atomic E-state index is 0.0171. The minimum Gasteiger partial charge on any atom is -0.399 e. The number of anilines is 1. The summed E-state index contributed by atoms with van der Waals surface area (Å²) >= 11 is 5.93. The van der Waals surface area contributed by atoms with Crippen molar-refractivity contribution < 1.29 is 9.53 Å². The highest BCUT2D eigenvalue weighted by atomic mass is 35.5.